The molecule has 1 unspecified atom stereocenters. The monoisotopic (exact) mass is 347 g/mol. The number of hydrogen-bond acceptors (Lipinski definition) is 4. The lowest BCUT2D eigenvalue weighted by atomic mass is 9.96. The molecule has 1 heterocycles. The minimum atomic E-state index is -1.11. The van der Waals surface area contributed by atoms with Crippen molar-refractivity contribution in [1.29, 1.82) is 0 Å². The molecule has 2 rings (SSSR count). The number of amides is 2. The molecule has 2 aromatic rings. The molecule has 1 aromatic carbocycles. The number of nitrogens with zero attached hydrogens (tertiary/aromatic N) is 1. The van der Waals surface area contributed by atoms with E-state index in [-0.39, 0.29) is 18.0 Å². The molecule has 3 N–H and O–H groups in total. The predicted molar refractivity (Wildman–Crippen MR) is 97.1 cm³/mol. The van der Waals surface area contributed by atoms with Crippen molar-refractivity contribution in [3.8, 4) is 0 Å². The first kappa shape index (κ1) is 18.4. The molecule has 5 nitrogen and oxygen atoms in total. The summed E-state index contributed by atoms with van der Waals surface area (Å²) in [5.74, 6) is 0. The van der Waals surface area contributed by atoms with Gasteiger partial charge in [-0.3, -0.25) is 0 Å². The zero-order valence-corrected chi connectivity index (χ0v) is 15.4. The molecule has 0 aliphatic rings. The molecule has 0 spiro atoms. The summed E-state index contributed by atoms with van der Waals surface area (Å²) in [5, 5.41) is 18.9. The molecular formula is C18H25N3O2S. The van der Waals surface area contributed by atoms with Gasteiger partial charge < -0.3 is 15.7 Å². The first-order chi connectivity index (χ1) is 11.2. The highest BCUT2D eigenvalue weighted by Gasteiger charge is 2.23. The number of carbonyl (C=O) groups is 1. The number of rotatable bonds is 5. The molecule has 1 atom stereocenters. The van der Waals surface area contributed by atoms with Crippen LogP contribution in [0, 0.1) is 0 Å². The van der Waals surface area contributed by atoms with Crippen LogP contribution in [0.15, 0.2) is 35.7 Å². The zero-order valence-electron chi connectivity index (χ0n) is 14.6. The van der Waals surface area contributed by atoms with E-state index in [0.29, 0.717) is 6.54 Å². The van der Waals surface area contributed by atoms with Crippen LogP contribution >= 0.6 is 11.3 Å². The van der Waals surface area contributed by atoms with Crippen LogP contribution in [0.2, 0.25) is 0 Å². The van der Waals surface area contributed by atoms with Gasteiger partial charge >= 0.3 is 6.03 Å². The lowest BCUT2D eigenvalue weighted by molar-refractivity contribution is 0.0594. The molecule has 2 amide bonds. The molecular weight excluding hydrogens is 322 g/mol. The maximum absolute atomic E-state index is 11.9. The summed E-state index contributed by atoms with van der Waals surface area (Å²) in [6.45, 7) is 8.52. The number of thiazole rings is 1. The van der Waals surface area contributed by atoms with Crippen molar-refractivity contribution in [2.45, 2.75) is 45.3 Å². The first-order valence-electron chi connectivity index (χ1n) is 7.93. The molecule has 1 aromatic heterocycles. The number of nitrogens with one attached hydrogen (secondary N) is 2. The quantitative estimate of drug-likeness (QED) is 0.778. The zero-order chi connectivity index (χ0) is 17.8. The van der Waals surface area contributed by atoms with Crippen molar-refractivity contribution in [3.05, 3.63) is 52.0 Å². The third-order valence-electron chi connectivity index (χ3n) is 3.61. The van der Waals surface area contributed by atoms with E-state index in [2.05, 4.69) is 36.4 Å². The van der Waals surface area contributed by atoms with Gasteiger partial charge in [0.15, 0.2) is 0 Å². The van der Waals surface area contributed by atoms with Crippen LogP contribution in [0.3, 0.4) is 0 Å². The van der Waals surface area contributed by atoms with E-state index in [9.17, 15) is 9.90 Å². The van der Waals surface area contributed by atoms with Gasteiger partial charge in [0.2, 0.25) is 0 Å². The summed E-state index contributed by atoms with van der Waals surface area (Å²) in [5.41, 5.74) is 0.507. The van der Waals surface area contributed by atoms with Gasteiger partial charge in [0.1, 0.15) is 5.60 Å². The smallest absolute Gasteiger partial charge is 0.315 e. The maximum atomic E-state index is 11.9. The third-order valence-corrected chi connectivity index (χ3v) is 4.93. The molecule has 0 aliphatic heterocycles. The van der Waals surface area contributed by atoms with Crippen LogP contribution in [0.5, 0.6) is 0 Å². The summed E-state index contributed by atoms with van der Waals surface area (Å²) in [6, 6.07) is 8.96. The van der Waals surface area contributed by atoms with E-state index >= 15 is 0 Å². The maximum Gasteiger partial charge on any atom is 0.315 e. The van der Waals surface area contributed by atoms with Crippen molar-refractivity contribution in [1.82, 2.24) is 15.6 Å². The number of carbonyl (C=O) groups excluding carboxylic acids is 1. The first-order valence-corrected chi connectivity index (χ1v) is 8.81. The summed E-state index contributed by atoms with van der Waals surface area (Å²) >= 11 is 1.60. The minimum Gasteiger partial charge on any atom is -0.384 e. The van der Waals surface area contributed by atoms with Gasteiger partial charge in [0, 0.05) is 10.8 Å². The van der Waals surface area contributed by atoms with Crippen LogP contribution in [-0.4, -0.2) is 22.7 Å². The largest absolute Gasteiger partial charge is 0.384 e. The van der Waals surface area contributed by atoms with Gasteiger partial charge in [0.25, 0.3) is 0 Å². The fourth-order valence-electron chi connectivity index (χ4n) is 2.12. The third kappa shape index (κ3) is 5.04. The standard InChI is InChI=1S/C18H25N3O2S/c1-17(2,3)15-21-14(11-24-15)10-19-16(22)20-12-18(4,23)13-8-6-5-7-9-13/h5-9,11,23H,10,12H2,1-4H3,(H2,19,20,22). The van der Waals surface area contributed by atoms with Crippen molar-refractivity contribution < 1.29 is 9.90 Å². The molecule has 6 heteroatoms. The van der Waals surface area contributed by atoms with Crippen molar-refractivity contribution in [2.24, 2.45) is 0 Å². The second kappa shape index (κ2) is 7.32. The fourth-order valence-corrected chi connectivity index (χ4v) is 3.02. The molecule has 0 saturated heterocycles. The predicted octanol–water partition coefficient (Wildman–Crippen LogP) is 3.15. The normalized spacial score (nSPS) is 14.0. The highest BCUT2D eigenvalue weighted by molar-refractivity contribution is 7.09. The second-order valence-electron chi connectivity index (χ2n) is 7.07. The Balaban J connectivity index is 1.82. The lowest BCUT2D eigenvalue weighted by Gasteiger charge is -2.24. The van der Waals surface area contributed by atoms with Crippen molar-refractivity contribution in [3.63, 3.8) is 0 Å². The molecule has 130 valence electrons. The molecule has 0 bridgehead atoms. The highest BCUT2D eigenvalue weighted by atomic mass is 32.1. The van der Waals surface area contributed by atoms with E-state index < -0.39 is 5.60 Å². The summed E-state index contributed by atoms with van der Waals surface area (Å²) in [4.78, 5) is 16.5. The Morgan fingerprint density at radius 2 is 1.83 bits per heavy atom. The van der Waals surface area contributed by atoms with Crippen LogP contribution in [0.25, 0.3) is 0 Å². The topological polar surface area (TPSA) is 74.2 Å². The van der Waals surface area contributed by atoms with Crippen LogP contribution in [0.4, 0.5) is 4.79 Å². The summed E-state index contributed by atoms with van der Waals surface area (Å²) in [7, 11) is 0. The minimum absolute atomic E-state index is 0.0135. The average Bonchev–Trinajstić information content (AvgIpc) is 3.01. The number of aromatic nitrogens is 1. The summed E-state index contributed by atoms with van der Waals surface area (Å²) < 4.78 is 0. The van der Waals surface area contributed by atoms with Crippen LogP contribution in [-0.2, 0) is 17.6 Å². The SMILES string of the molecule is CC(C)(C)c1nc(CNC(=O)NCC(C)(O)c2ccccc2)cs1. The molecule has 0 fully saturated rings. The van der Waals surface area contributed by atoms with Crippen LogP contribution in [0.1, 0.15) is 44.0 Å². The average molecular weight is 347 g/mol. The molecule has 0 radical (unpaired) electrons. The molecule has 0 aliphatic carbocycles. The van der Waals surface area contributed by atoms with E-state index in [4.69, 9.17) is 0 Å². The van der Waals surface area contributed by atoms with Gasteiger partial charge in [-0.1, -0.05) is 51.1 Å². The lowest BCUT2D eigenvalue weighted by Crippen LogP contribution is -2.43. The van der Waals surface area contributed by atoms with E-state index in [1.54, 1.807) is 18.3 Å². The number of urea groups is 1. The van der Waals surface area contributed by atoms with E-state index in [0.717, 1.165) is 16.3 Å². The summed E-state index contributed by atoms with van der Waals surface area (Å²) in [6.07, 6.45) is 0. The number of aliphatic hydroxyl groups is 1. The fraction of sp³-hybridized carbons (Fsp3) is 0.444. The van der Waals surface area contributed by atoms with Gasteiger partial charge in [-0.2, -0.15) is 0 Å². The Morgan fingerprint density at radius 1 is 1.17 bits per heavy atom. The number of hydrogen-bond donors (Lipinski definition) is 3. The van der Waals surface area contributed by atoms with Gasteiger partial charge in [0.05, 0.1) is 23.8 Å². The van der Waals surface area contributed by atoms with Gasteiger partial charge in [-0.25, -0.2) is 9.78 Å². The Kier molecular flexibility index (Phi) is 5.62. The van der Waals surface area contributed by atoms with Crippen molar-refractivity contribution in [2.75, 3.05) is 6.54 Å². The van der Waals surface area contributed by atoms with Gasteiger partial charge in [-0.05, 0) is 12.5 Å². The highest BCUT2D eigenvalue weighted by Crippen LogP contribution is 2.25. The second-order valence-corrected chi connectivity index (χ2v) is 7.93. The van der Waals surface area contributed by atoms with E-state index in [1.165, 1.54) is 0 Å². The van der Waals surface area contributed by atoms with E-state index in [1.807, 2.05) is 35.7 Å². The van der Waals surface area contributed by atoms with Gasteiger partial charge in [-0.15, -0.1) is 11.3 Å². The molecule has 24 heavy (non-hydrogen) atoms. The Hall–Kier alpha value is -1.92. The van der Waals surface area contributed by atoms with Crippen LogP contribution < -0.4 is 10.6 Å². The Bertz CT molecular complexity index is 675. The molecule has 0 saturated carbocycles. The van der Waals surface area contributed by atoms with Crippen molar-refractivity contribution >= 4 is 17.4 Å². The number of benzene rings is 1. The Labute approximate surface area is 147 Å². The Morgan fingerprint density at radius 3 is 2.42 bits per heavy atom.